The molecule has 3 aliphatic heterocycles. The molecule has 1 aromatic carbocycles. The van der Waals surface area contributed by atoms with Crippen molar-refractivity contribution in [3.63, 3.8) is 0 Å². The summed E-state index contributed by atoms with van der Waals surface area (Å²) >= 11 is 0. The second kappa shape index (κ2) is 5.31. The highest BCUT2D eigenvalue weighted by Crippen LogP contribution is 2.33. The fraction of sp³-hybridized carbons (Fsp3) is 0.471. The molecule has 3 aliphatic rings. The molecule has 3 nitrogen and oxygen atoms in total. The standard InChI is InChI=1S/C17H21NO2/c1-12(2)20-16-6-4-3-5-14(16)11-15-17(19)13-7-9-18(15)10-8-13/h3-6,11-13H,7-10H2,1-2H3/b15-11-. The SMILES string of the molecule is CC(C)Oc1ccccc1/C=C1/C(=O)C2CCN1CC2. The van der Waals surface area contributed by atoms with E-state index < -0.39 is 0 Å². The lowest BCUT2D eigenvalue weighted by Gasteiger charge is -2.41. The van der Waals surface area contributed by atoms with Gasteiger partial charge in [-0.3, -0.25) is 4.79 Å². The smallest absolute Gasteiger partial charge is 0.182 e. The minimum atomic E-state index is 0.133. The first-order chi connectivity index (χ1) is 9.65. The Bertz CT molecular complexity index is 540. The maximum atomic E-state index is 12.4. The Balaban J connectivity index is 1.94. The number of fused-ring (bicyclic) bond motifs is 3. The van der Waals surface area contributed by atoms with E-state index in [0.717, 1.165) is 42.9 Å². The van der Waals surface area contributed by atoms with E-state index in [-0.39, 0.29) is 12.0 Å². The van der Waals surface area contributed by atoms with Gasteiger partial charge in [0.1, 0.15) is 5.75 Å². The Morgan fingerprint density at radius 2 is 1.95 bits per heavy atom. The fourth-order valence-electron chi connectivity index (χ4n) is 3.02. The van der Waals surface area contributed by atoms with E-state index in [1.165, 1.54) is 0 Å². The van der Waals surface area contributed by atoms with Gasteiger partial charge in [-0.05, 0) is 38.8 Å². The van der Waals surface area contributed by atoms with Crippen LogP contribution < -0.4 is 4.74 Å². The quantitative estimate of drug-likeness (QED) is 0.791. The van der Waals surface area contributed by atoms with E-state index in [1.54, 1.807) is 0 Å². The van der Waals surface area contributed by atoms with E-state index in [0.29, 0.717) is 5.78 Å². The maximum absolute atomic E-state index is 12.4. The van der Waals surface area contributed by atoms with Gasteiger partial charge >= 0.3 is 0 Å². The molecule has 0 aromatic heterocycles. The summed E-state index contributed by atoms with van der Waals surface area (Å²) < 4.78 is 5.83. The van der Waals surface area contributed by atoms with Gasteiger partial charge in [0.25, 0.3) is 0 Å². The highest BCUT2D eigenvalue weighted by Gasteiger charge is 2.36. The van der Waals surface area contributed by atoms with Crippen LogP contribution >= 0.6 is 0 Å². The summed E-state index contributed by atoms with van der Waals surface area (Å²) in [6, 6.07) is 7.93. The first kappa shape index (κ1) is 13.2. The van der Waals surface area contributed by atoms with Crippen LogP contribution in [0.2, 0.25) is 0 Å². The Morgan fingerprint density at radius 3 is 2.60 bits per heavy atom. The Labute approximate surface area is 120 Å². The van der Waals surface area contributed by atoms with Gasteiger partial charge in [0.05, 0.1) is 11.8 Å². The predicted octanol–water partition coefficient (Wildman–Crippen LogP) is 3.11. The average Bonchev–Trinajstić information content (AvgIpc) is 2.44. The van der Waals surface area contributed by atoms with Crippen LogP contribution in [0.3, 0.4) is 0 Å². The third-order valence-corrected chi connectivity index (χ3v) is 4.03. The number of hydrogen-bond acceptors (Lipinski definition) is 3. The van der Waals surface area contributed by atoms with Crippen LogP contribution in [-0.4, -0.2) is 29.9 Å². The van der Waals surface area contributed by atoms with Gasteiger partial charge in [0, 0.05) is 24.6 Å². The number of carbonyl (C=O) groups is 1. The van der Waals surface area contributed by atoms with Crippen LogP contribution in [0.1, 0.15) is 32.3 Å². The number of hydrogen-bond donors (Lipinski definition) is 0. The number of piperidine rings is 3. The number of nitrogens with zero attached hydrogens (tertiary/aromatic N) is 1. The normalized spacial score (nSPS) is 21.1. The monoisotopic (exact) mass is 271 g/mol. The van der Waals surface area contributed by atoms with Gasteiger partial charge in [-0.2, -0.15) is 0 Å². The average molecular weight is 271 g/mol. The molecule has 3 saturated heterocycles. The Hall–Kier alpha value is -1.77. The van der Waals surface area contributed by atoms with Crippen molar-refractivity contribution in [3.8, 4) is 5.75 Å². The number of allylic oxidation sites excluding steroid dienone is 1. The van der Waals surface area contributed by atoms with E-state index in [9.17, 15) is 4.79 Å². The van der Waals surface area contributed by atoms with Crippen LogP contribution in [-0.2, 0) is 4.79 Å². The maximum Gasteiger partial charge on any atom is 0.182 e. The van der Waals surface area contributed by atoms with Gasteiger partial charge in [-0.1, -0.05) is 18.2 Å². The van der Waals surface area contributed by atoms with Crippen molar-refractivity contribution in [1.82, 2.24) is 4.90 Å². The molecule has 4 rings (SSSR count). The highest BCUT2D eigenvalue weighted by molar-refractivity contribution is 6.02. The molecule has 1 aromatic rings. The number of para-hydroxylation sites is 1. The van der Waals surface area contributed by atoms with Crippen molar-refractivity contribution < 1.29 is 9.53 Å². The molecule has 106 valence electrons. The zero-order valence-corrected chi connectivity index (χ0v) is 12.1. The molecule has 0 radical (unpaired) electrons. The van der Waals surface area contributed by atoms with Gasteiger partial charge in [-0.15, -0.1) is 0 Å². The first-order valence-corrected chi connectivity index (χ1v) is 7.41. The summed E-state index contributed by atoms with van der Waals surface area (Å²) in [5, 5.41) is 0. The summed E-state index contributed by atoms with van der Waals surface area (Å²) in [7, 11) is 0. The van der Waals surface area contributed by atoms with Crippen molar-refractivity contribution in [3.05, 3.63) is 35.5 Å². The zero-order chi connectivity index (χ0) is 14.1. The fourth-order valence-corrected chi connectivity index (χ4v) is 3.02. The van der Waals surface area contributed by atoms with Crippen molar-refractivity contribution in [2.24, 2.45) is 5.92 Å². The van der Waals surface area contributed by atoms with Gasteiger partial charge in [0.2, 0.25) is 0 Å². The van der Waals surface area contributed by atoms with Crippen molar-refractivity contribution in [2.75, 3.05) is 13.1 Å². The minimum absolute atomic E-state index is 0.133. The molecule has 3 heterocycles. The molecule has 3 fully saturated rings. The minimum Gasteiger partial charge on any atom is -0.490 e. The molecule has 2 bridgehead atoms. The molecule has 0 unspecified atom stereocenters. The molecule has 0 aliphatic carbocycles. The predicted molar refractivity (Wildman–Crippen MR) is 79.5 cm³/mol. The molecule has 0 atom stereocenters. The Kier molecular flexibility index (Phi) is 3.51. The van der Waals surface area contributed by atoms with Crippen molar-refractivity contribution in [2.45, 2.75) is 32.8 Å². The summed E-state index contributed by atoms with van der Waals surface area (Å²) in [5.41, 5.74) is 1.87. The van der Waals surface area contributed by atoms with Crippen LogP contribution in [0.5, 0.6) is 5.75 Å². The molecular formula is C17H21NO2. The third-order valence-electron chi connectivity index (χ3n) is 4.03. The second-order valence-corrected chi connectivity index (χ2v) is 5.86. The molecule has 0 saturated carbocycles. The number of ketones is 1. The van der Waals surface area contributed by atoms with E-state index in [4.69, 9.17) is 4.74 Å². The molecule has 0 amide bonds. The van der Waals surface area contributed by atoms with E-state index in [2.05, 4.69) is 4.90 Å². The number of carbonyl (C=O) groups excluding carboxylic acids is 1. The number of rotatable bonds is 3. The molecule has 0 N–H and O–H groups in total. The summed E-state index contributed by atoms with van der Waals surface area (Å²) in [4.78, 5) is 14.6. The lowest BCUT2D eigenvalue weighted by Crippen LogP contribution is -2.45. The van der Waals surface area contributed by atoms with E-state index >= 15 is 0 Å². The van der Waals surface area contributed by atoms with Crippen molar-refractivity contribution >= 4 is 11.9 Å². The van der Waals surface area contributed by atoms with Crippen LogP contribution in [0.25, 0.3) is 6.08 Å². The largest absolute Gasteiger partial charge is 0.490 e. The summed E-state index contributed by atoms with van der Waals surface area (Å²) in [6.07, 6.45) is 4.17. The van der Waals surface area contributed by atoms with Gasteiger partial charge < -0.3 is 9.64 Å². The van der Waals surface area contributed by atoms with Crippen LogP contribution in [0, 0.1) is 5.92 Å². The third kappa shape index (κ3) is 2.45. The zero-order valence-electron chi connectivity index (χ0n) is 12.1. The molecule has 0 spiro atoms. The number of Topliss-reactive ketones (excluding diaryl/α,β-unsaturated/α-hetero) is 1. The molecule has 20 heavy (non-hydrogen) atoms. The molecule has 3 heteroatoms. The second-order valence-electron chi connectivity index (χ2n) is 5.86. The lowest BCUT2D eigenvalue weighted by atomic mass is 9.84. The highest BCUT2D eigenvalue weighted by atomic mass is 16.5. The molecular weight excluding hydrogens is 250 g/mol. The first-order valence-electron chi connectivity index (χ1n) is 7.41. The Morgan fingerprint density at radius 1 is 1.25 bits per heavy atom. The van der Waals surface area contributed by atoms with E-state index in [1.807, 2.05) is 44.2 Å². The van der Waals surface area contributed by atoms with Gasteiger partial charge in [-0.25, -0.2) is 0 Å². The van der Waals surface area contributed by atoms with Crippen molar-refractivity contribution in [1.29, 1.82) is 0 Å². The topological polar surface area (TPSA) is 29.5 Å². The van der Waals surface area contributed by atoms with Gasteiger partial charge in [0.15, 0.2) is 5.78 Å². The lowest BCUT2D eigenvalue weighted by molar-refractivity contribution is -0.125. The number of ether oxygens (including phenoxy) is 1. The summed E-state index contributed by atoms with van der Waals surface area (Å²) in [6.45, 7) is 6.05. The van der Waals surface area contributed by atoms with Crippen LogP contribution in [0.15, 0.2) is 30.0 Å². The van der Waals surface area contributed by atoms with Crippen LogP contribution in [0.4, 0.5) is 0 Å². The summed E-state index contributed by atoms with van der Waals surface area (Å²) in [5.74, 6) is 1.40. The number of benzene rings is 1.